The molecule has 1 aliphatic carbocycles. The van der Waals surface area contributed by atoms with Gasteiger partial charge in [0.1, 0.15) is 30.3 Å². The van der Waals surface area contributed by atoms with E-state index in [0.29, 0.717) is 12.8 Å². The van der Waals surface area contributed by atoms with Crippen LogP contribution in [0.25, 0.3) is 11.1 Å². The number of ketones is 1. The van der Waals surface area contributed by atoms with Crippen LogP contribution in [0.15, 0.2) is 58.5 Å². The lowest BCUT2D eigenvalue weighted by molar-refractivity contribution is -0.251. The summed E-state index contributed by atoms with van der Waals surface area (Å²) in [5, 5.41) is 31.8. The minimum atomic E-state index is -1.26. The van der Waals surface area contributed by atoms with Crippen LogP contribution in [-0.4, -0.2) is 120 Å². The normalized spacial score (nSPS) is 22.6. The lowest BCUT2D eigenvalue weighted by Crippen LogP contribution is -2.56. The van der Waals surface area contributed by atoms with Gasteiger partial charge in [-0.05, 0) is 73.6 Å². The number of carboxylic acids is 1. The Labute approximate surface area is 378 Å². The number of nitrogens with one attached hydrogen (secondary N) is 3. The van der Waals surface area contributed by atoms with Gasteiger partial charge in [-0.15, -0.1) is 0 Å². The summed E-state index contributed by atoms with van der Waals surface area (Å²) < 4.78 is 10.6. The zero-order chi connectivity index (χ0) is 47.0. The lowest BCUT2D eigenvalue weighted by atomic mass is 9.91. The van der Waals surface area contributed by atoms with Crippen LogP contribution in [0.5, 0.6) is 0 Å². The number of unbranched alkanes of at least 4 members (excludes halogenated alkanes) is 1. The third kappa shape index (κ3) is 13.7. The van der Waals surface area contributed by atoms with Crippen molar-refractivity contribution in [1.29, 1.82) is 0 Å². The maximum Gasteiger partial charge on any atom is 0.328 e. The molecule has 352 valence electrons. The van der Waals surface area contributed by atoms with Crippen molar-refractivity contribution in [2.75, 3.05) is 26.8 Å². The monoisotopic (exact) mass is 901 g/mol. The predicted octanol–water partition coefficient (Wildman–Crippen LogP) is 1.39. The minimum Gasteiger partial charge on any atom is -0.599 e. The minimum absolute atomic E-state index is 0.0264. The first kappa shape index (κ1) is 49.5. The van der Waals surface area contributed by atoms with Crippen LogP contribution in [-0.2, 0) is 43.0 Å². The zero-order valence-corrected chi connectivity index (χ0v) is 37.0. The number of rotatable bonds is 15. The van der Waals surface area contributed by atoms with Gasteiger partial charge < -0.3 is 52.0 Å². The van der Waals surface area contributed by atoms with E-state index >= 15 is 0 Å². The first-order chi connectivity index (χ1) is 31.2. The van der Waals surface area contributed by atoms with E-state index in [1.54, 1.807) is 0 Å². The maximum atomic E-state index is 14.4. The summed E-state index contributed by atoms with van der Waals surface area (Å²) in [6.07, 6.45) is 1.05. The lowest BCUT2D eigenvalue weighted by Gasteiger charge is -2.29. The average molecular weight is 902 g/mol. The Morgan fingerprint density at radius 2 is 1.54 bits per heavy atom. The quantitative estimate of drug-likeness (QED) is 0.0638. The molecule has 6 atom stereocenters. The summed E-state index contributed by atoms with van der Waals surface area (Å²) in [6, 6.07) is 10.1. The molecule has 0 spiro atoms. The Hall–Kier alpha value is -6.53. The smallest absolute Gasteiger partial charge is 0.328 e. The summed E-state index contributed by atoms with van der Waals surface area (Å²) in [7, 11) is 1.19. The van der Waals surface area contributed by atoms with Gasteiger partial charge in [-0.3, -0.25) is 38.8 Å². The van der Waals surface area contributed by atoms with E-state index in [2.05, 4.69) is 25.9 Å². The number of aliphatic imine (C=N–C) groups is 2. The highest BCUT2D eigenvalue weighted by Crippen LogP contribution is 2.44. The van der Waals surface area contributed by atoms with Gasteiger partial charge in [0, 0.05) is 39.0 Å². The Kier molecular flexibility index (Phi) is 18.2. The molecule has 5 rings (SSSR count). The van der Waals surface area contributed by atoms with Gasteiger partial charge in [-0.25, -0.2) is 4.79 Å². The summed E-state index contributed by atoms with van der Waals surface area (Å²) in [5.41, 5.74) is 15.0. The van der Waals surface area contributed by atoms with E-state index in [-0.39, 0.29) is 95.8 Å². The number of Topliss-reactive ketones (excluding diaryl/α,β-unsaturated/α-hetero) is 1. The summed E-state index contributed by atoms with van der Waals surface area (Å²) in [5.74, 6) is -6.33. The second-order valence-corrected chi connectivity index (χ2v) is 16.8. The fourth-order valence-corrected chi connectivity index (χ4v) is 8.88. The van der Waals surface area contributed by atoms with Gasteiger partial charge in [0.25, 0.3) is 0 Å². The first-order valence-electron chi connectivity index (χ1n) is 22.3. The molecule has 2 aromatic carbocycles. The molecule has 0 aromatic heterocycles. The molecule has 1 unspecified atom stereocenters. The molecule has 2 heterocycles. The number of fused-ring (bicyclic) bond motifs is 4. The zero-order valence-electron chi connectivity index (χ0n) is 37.0. The number of esters is 1. The number of guanidine groups is 1. The maximum absolute atomic E-state index is 14.4. The molecule has 2 aromatic rings. The SMILES string of the molecule is COC(=O)[C@H](CCCC[C@@H]1NC(=O)C2CCCN2C(=O)[C@@H](N=C([O-])OCC2c3ccccc3-c3ccccc32)CCCC[C@@H](C(=O)O)CC(=O)[C@H](CCCN=C(N)N)NC1=O)NC(C)=O. The Morgan fingerprint density at radius 1 is 0.892 bits per heavy atom. The number of carbonyl (C=O) groups is 7. The van der Waals surface area contributed by atoms with Crippen molar-refractivity contribution in [2.24, 2.45) is 27.4 Å². The van der Waals surface area contributed by atoms with Crippen molar-refractivity contribution >= 4 is 53.4 Å². The number of carbonyl (C=O) groups excluding carboxylic acids is 6. The van der Waals surface area contributed by atoms with Crippen LogP contribution in [0.2, 0.25) is 0 Å². The average Bonchev–Trinajstić information content (AvgIpc) is 3.90. The third-order valence-corrected chi connectivity index (χ3v) is 12.2. The molecule has 2 aliphatic heterocycles. The van der Waals surface area contributed by atoms with Crippen molar-refractivity contribution in [3.05, 3.63) is 59.7 Å². The number of ether oxygens (including phenoxy) is 2. The molecule has 0 radical (unpaired) electrons. The number of nitrogens with two attached hydrogens (primary N) is 2. The summed E-state index contributed by atoms with van der Waals surface area (Å²) in [4.78, 5) is 103. The fraction of sp³-hybridized carbons (Fsp3) is 0.543. The van der Waals surface area contributed by atoms with Crippen LogP contribution >= 0.6 is 0 Å². The molecular formula is C46H61N8O11-. The predicted molar refractivity (Wildman–Crippen MR) is 237 cm³/mol. The highest BCUT2D eigenvalue weighted by atomic mass is 16.6. The van der Waals surface area contributed by atoms with Crippen molar-refractivity contribution in [3.8, 4) is 11.1 Å². The second-order valence-electron chi connectivity index (χ2n) is 16.8. The third-order valence-electron chi connectivity index (χ3n) is 12.2. The van der Waals surface area contributed by atoms with E-state index in [9.17, 15) is 43.8 Å². The van der Waals surface area contributed by atoms with Crippen LogP contribution in [0.3, 0.4) is 0 Å². The van der Waals surface area contributed by atoms with Gasteiger partial charge in [-0.1, -0.05) is 74.2 Å². The van der Waals surface area contributed by atoms with Crippen LogP contribution in [0.1, 0.15) is 107 Å². The Balaban J connectivity index is 1.40. The van der Waals surface area contributed by atoms with E-state index in [1.165, 1.54) is 18.9 Å². The van der Waals surface area contributed by atoms with Crippen molar-refractivity contribution < 1.29 is 53.2 Å². The number of hydrogen-bond acceptors (Lipinski definition) is 12. The van der Waals surface area contributed by atoms with Crippen molar-refractivity contribution in [3.63, 3.8) is 0 Å². The van der Waals surface area contributed by atoms with Gasteiger partial charge >= 0.3 is 11.9 Å². The topological polar surface area (TPSA) is 297 Å². The molecule has 0 saturated carbocycles. The Morgan fingerprint density at radius 3 is 2.18 bits per heavy atom. The summed E-state index contributed by atoms with van der Waals surface area (Å²) >= 11 is 0. The van der Waals surface area contributed by atoms with E-state index in [1.807, 2.05) is 48.5 Å². The molecule has 0 bridgehead atoms. The van der Waals surface area contributed by atoms with Crippen molar-refractivity contribution in [1.82, 2.24) is 20.9 Å². The number of nitrogens with zero attached hydrogens (tertiary/aromatic N) is 3. The van der Waals surface area contributed by atoms with E-state index in [4.69, 9.17) is 20.9 Å². The largest absolute Gasteiger partial charge is 0.599 e. The molecule has 19 nitrogen and oxygen atoms in total. The molecule has 2 saturated heterocycles. The van der Waals surface area contributed by atoms with Gasteiger partial charge in [0.15, 0.2) is 11.7 Å². The molecular weight excluding hydrogens is 841 g/mol. The number of aliphatic carboxylic acids is 1. The molecule has 4 amide bonds. The van der Waals surface area contributed by atoms with E-state index < -0.39 is 90.0 Å². The van der Waals surface area contributed by atoms with Crippen LogP contribution in [0.4, 0.5) is 0 Å². The Bertz CT molecular complexity index is 2060. The molecule has 3 aliphatic rings. The summed E-state index contributed by atoms with van der Waals surface area (Å²) in [6.45, 7) is 1.54. The standard InChI is InChI=1S/C46H62N8O11/c1-27(55)50-37(44(62)64-2)20-10-9-18-35-40(57)51-34(21-11-23-49-45(47)48)39(56)25-28(43(60)61)13-3-8-19-36(42(59)54-24-12-22-38(54)41(58)52-35)53-46(63)65-26-33-31-16-6-4-14-29(31)30-15-5-7-17-32(30)33/h4-7,14-17,28,33-38H,3,8-13,18-26H2,1-2H3,(H,50,55)(H,51,57)(H,52,58)(H,53,63)(H,60,61)(H4,47,48,49)/p-1/t28-,34+,35+,36+,37+,38?/m1/s1. The molecule has 19 heteroatoms. The van der Waals surface area contributed by atoms with Crippen molar-refractivity contribution in [2.45, 2.75) is 127 Å². The number of hydrogen-bond donors (Lipinski definition) is 6. The van der Waals surface area contributed by atoms with Gasteiger partial charge in [0.2, 0.25) is 23.6 Å². The van der Waals surface area contributed by atoms with Gasteiger partial charge in [0.05, 0.1) is 19.1 Å². The van der Waals surface area contributed by atoms with Crippen LogP contribution < -0.4 is 32.5 Å². The molecule has 2 fully saturated rings. The number of methoxy groups -OCH3 is 1. The van der Waals surface area contributed by atoms with Crippen LogP contribution in [0, 0.1) is 5.92 Å². The van der Waals surface area contributed by atoms with E-state index in [0.717, 1.165) is 22.3 Å². The highest BCUT2D eigenvalue weighted by Gasteiger charge is 2.39. The number of amides is 4. The first-order valence-corrected chi connectivity index (χ1v) is 22.3. The number of carboxylic acid groups (broad SMARTS) is 1. The fourth-order valence-electron chi connectivity index (χ4n) is 8.88. The molecule has 8 N–H and O–H groups in total. The molecule has 65 heavy (non-hydrogen) atoms. The van der Waals surface area contributed by atoms with Gasteiger partial charge in [-0.2, -0.15) is 0 Å². The second kappa shape index (κ2) is 24.0. The highest BCUT2D eigenvalue weighted by molar-refractivity contribution is 5.96. The number of benzene rings is 2.